The molecule has 0 saturated carbocycles. The van der Waals surface area contributed by atoms with Crippen LogP contribution in [0.25, 0.3) is 0 Å². The van der Waals surface area contributed by atoms with Gasteiger partial charge in [0.25, 0.3) is 0 Å². The van der Waals surface area contributed by atoms with Crippen LogP contribution in [0.5, 0.6) is 0 Å². The lowest BCUT2D eigenvalue weighted by Crippen LogP contribution is -2.35. The first-order chi connectivity index (χ1) is 12.9. The third-order valence-corrected chi connectivity index (χ3v) is 4.02. The average molecular weight is 373 g/mol. The number of carbonyl (C=O) groups excluding carboxylic acids is 3. The molecule has 27 heavy (non-hydrogen) atoms. The van der Waals surface area contributed by atoms with Gasteiger partial charge in [-0.3, -0.25) is 9.59 Å². The highest BCUT2D eigenvalue weighted by Gasteiger charge is 2.26. The first kappa shape index (κ1) is 20.2. The molecule has 144 valence electrons. The number of aromatic nitrogens is 4. The Morgan fingerprint density at radius 3 is 2.59 bits per heavy atom. The summed E-state index contributed by atoms with van der Waals surface area (Å²) in [4.78, 5) is 35.9. The minimum Gasteiger partial charge on any atom is -0.370 e. The highest BCUT2D eigenvalue weighted by molar-refractivity contribution is 5.89. The van der Waals surface area contributed by atoms with Gasteiger partial charge in [-0.05, 0) is 30.5 Å². The molecular formula is C17H23N7O3. The molecule has 0 aliphatic carbocycles. The maximum absolute atomic E-state index is 12.3. The Bertz CT molecular complexity index is 791. The van der Waals surface area contributed by atoms with E-state index in [1.807, 2.05) is 30.3 Å². The van der Waals surface area contributed by atoms with Crippen molar-refractivity contribution < 1.29 is 14.4 Å². The summed E-state index contributed by atoms with van der Waals surface area (Å²) in [6.07, 6.45) is 0.827. The summed E-state index contributed by atoms with van der Waals surface area (Å²) in [6, 6.07) is 8.30. The van der Waals surface area contributed by atoms with E-state index in [0.717, 1.165) is 10.4 Å². The number of rotatable bonds is 9. The van der Waals surface area contributed by atoms with Gasteiger partial charge < -0.3 is 16.8 Å². The molecule has 1 aromatic carbocycles. The first-order valence-electron chi connectivity index (χ1n) is 8.58. The molecule has 0 bridgehead atoms. The Morgan fingerprint density at radius 2 is 1.93 bits per heavy atom. The van der Waals surface area contributed by atoms with E-state index in [0.29, 0.717) is 13.0 Å². The molecule has 1 heterocycles. The van der Waals surface area contributed by atoms with Crippen molar-refractivity contribution in [1.82, 2.24) is 25.5 Å². The van der Waals surface area contributed by atoms with Crippen LogP contribution in [0, 0.1) is 0 Å². The van der Waals surface area contributed by atoms with Crippen molar-refractivity contribution in [1.29, 1.82) is 0 Å². The number of amides is 2. The van der Waals surface area contributed by atoms with Gasteiger partial charge in [0.2, 0.25) is 5.91 Å². The number of benzene rings is 1. The monoisotopic (exact) mass is 373 g/mol. The van der Waals surface area contributed by atoms with Crippen LogP contribution in [0.3, 0.4) is 0 Å². The smallest absolute Gasteiger partial charge is 0.360 e. The summed E-state index contributed by atoms with van der Waals surface area (Å²) in [6.45, 7) is 1.98. The molecule has 10 heteroatoms. The van der Waals surface area contributed by atoms with Crippen molar-refractivity contribution in [3.8, 4) is 0 Å². The third kappa shape index (κ3) is 5.96. The van der Waals surface area contributed by atoms with Gasteiger partial charge in [0, 0.05) is 13.0 Å². The second kappa shape index (κ2) is 9.53. The van der Waals surface area contributed by atoms with Gasteiger partial charge in [-0.15, -0.1) is 10.2 Å². The summed E-state index contributed by atoms with van der Waals surface area (Å²) in [5, 5.41) is 14.1. The molecule has 0 saturated heterocycles. The summed E-state index contributed by atoms with van der Waals surface area (Å²) >= 11 is 0. The topological polar surface area (TPSA) is 159 Å². The van der Waals surface area contributed by atoms with Gasteiger partial charge in [-0.2, -0.15) is 0 Å². The highest BCUT2D eigenvalue weighted by atomic mass is 16.2. The molecule has 0 radical (unpaired) electrons. The zero-order valence-electron chi connectivity index (χ0n) is 15.0. The predicted molar refractivity (Wildman–Crippen MR) is 96.6 cm³/mol. The van der Waals surface area contributed by atoms with E-state index in [1.165, 1.54) is 0 Å². The fraction of sp³-hybridized carbons (Fsp3) is 0.412. The van der Waals surface area contributed by atoms with Crippen molar-refractivity contribution in [2.45, 2.75) is 38.1 Å². The van der Waals surface area contributed by atoms with Crippen molar-refractivity contribution in [3.63, 3.8) is 0 Å². The van der Waals surface area contributed by atoms with E-state index < -0.39 is 23.9 Å². The summed E-state index contributed by atoms with van der Waals surface area (Å²) in [5.74, 6) is -1.53. The van der Waals surface area contributed by atoms with Gasteiger partial charge in [-0.1, -0.05) is 35.1 Å². The highest BCUT2D eigenvalue weighted by Crippen LogP contribution is 2.13. The second-order valence-electron chi connectivity index (χ2n) is 6.14. The van der Waals surface area contributed by atoms with E-state index in [2.05, 4.69) is 20.7 Å². The minimum absolute atomic E-state index is 0.0174. The van der Waals surface area contributed by atoms with Crippen LogP contribution in [-0.4, -0.2) is 50.5 Å². The molecule has 5 N–H and O–H groups in total. The summed E-state index contributed by atoms with van der Waals surface area (Å²) < 4.78 is 0. The van der Waals surface area contributed by atoms with E-state index >= 15 is 0 Å². The van der Waals surface area contributed by atoms with Crippen LogP contribution in [0.2, 0.25) is 0 Å². The van der Waals surface area contributed by atoms with E-state index in [9.17, 15) is 14.4 Å². The summed E-state index contributed by atoms with van der Waals surface area (Å²) in [7, 11) is 0. The number of hydrogen-bond donors (Lipinski definition) is 3. The van der Waals surface area contributed by atoms with Gasteiger partial charge >= 0.3 is 6.03 Å². The van der Waals surface area contributed by atoms with Gasteiger partial charge in [0.05, 0.1) is 12.0 Å². The lowest BCUT2D eigenvalue weighted by atomic mass is 9.96. The molecule has 0 aliphatic heterocycles. The Labute approximate surface area is 156 Å². The Hall–Kier alpha value is -3.14. The number of nitrogens with two attached hydrogens (primary N) is 2. The van der Waals surface area contributed by atoms with Gasteiger partial charge in [0.15, 0.2) is 11.6 Å². The second-order valence-corrected chi connectivity index (χ2v) is 6.14. The molecular weight excluding hydrogens is 350 g/mol. The SMILES string of the molecule is CC(C(=O)[C@@H](N)CCC(N)=O)c1nnn(C(=O)NCCc2ccccc2)n1. The zero-order chi connectivity index (χ0) is 19.8. The summed E-state index contributed by atoms with van der Waals surface area (Å²) in [5.41, 5.74) is 11.9. The zero-order valence-corrected chi connectivity index (χ0v) is 15.0. The number of nitrogens with one attached hydrogen (secondary N) is 1. The maximum Gasteiger partial charge on any atom is 0.360 e. The Kier molecular flexibility index (Phi) is 7.12. The largest absolute Gasteiger partial charge is 0.370 e. The number of carbonyl (C=O) groups is 3. The molecule has 0 fully saturated rings. The quantitative estimate of drug-likeness (QED) is 0.546. The molecule has 2 aromatic rings. The average Bonchev–Trinajstić information content (AvgIpc) is 3.16. The van der Waals surface area contributed by atoms with E-state index in [-0.39, 0.29) is 24.4 Å². The number of ketones is 1. The van der Waals surface area contributed by atoms with Crippen molar-refractivity contribution in [2.75, 3.05) is 6.54 Å². The molecule has 10 nitrogen and oxygen atoms in total. The molecule has 0 spiro atoms. The molecule has 0 aliphatic rings. The molecule has 1 unspecified atom stereocenters. The van der Waals surface area contributed by atoms with Crippen LogP contribution in [-0.2, 0) is 16.0 Å². The van der Waals surface area contributed by atoms with E-state index in [1.54, 1.807) is 6.92 Å². The number of Topliss-reactive ketones (excluding diaryl/α,β-unsaturated/α-hetero) is 1. The van der Waals surface area contributed by atoms with Crippen molar-refractivity contribution in [3.05, 3.63) is 41.7 Å². The fourth-order valence-corrected chi connectivity index (χ4v) is 2.40. The van der Waals surface area contributed by atoms with Crippen LogP contribution in [0.4, 0.5) is 4.79 Å². The van der Waals surface area contributed by atoms with Crippen LogP contribution >= 0.6 is 0 Å². The first-order valence-corrected chi connectivity index (χ1v) is 8.58. The van der Waals surface area contributed by atoms with Crippen LogP contribution in [0.1, 0.15) is 37.1 Å². The number of tetrazole rings is 1. The fourth-order valence-electron chi connectivity index (χ4n) is 2.40. The minimum atomic E-state index is -0.862. The van der Waals surface area contributed by atoms with Crippen molar-refractivity contribution in [2.24, 2.45) is 11.5 Å². The lowest BCUT2D eigenvalue weighted by Gasteiger charge is -2.12. The van der Waals surface area contributed by atoms with E-state index in [4.69, 9.17) is 11.5 Å². The number of nitrogens with zero attached hydrogens (tertiary/aromatic N) is 4. The van der Waals surface area contributed by atoms with Crippen LogP contribution in [0.15, 0.2) is 30.3 Å². The Balaban J connectivity index is 1.87. The standard InChI is InChI=1S/C17H23N7O3/c1-11(15(26)13(18)7-8-14(19)25)16-21-23-24(22-16)17(27)20-10-9-12-5-3-2-4-6-12/h2-6,11,13H,7-10,18H2,1H3,(H2,19,25)(H,20,27)/t11?,13-/m0/s1. The molecule has 2 rings (SSSR count). The normalized spacial score (nSPS) is 13.0. The lowest BCUT2D eigenvalue weighted by molar-refractivity contribution is -0.122. The number of primary amides is 1. The molecule has 2 amide bonds. The number of hydrogen-bond acceptors (Lipinski definition) is 7. The predicted octanol–water partition coefficient (Wildman–Crippen LogP) is -0.261. The molecule has 2 atom stereocenters. The molecule has 1 aromatic heterocycles. The maximum atomic E-state index is 12.3. The third-order valence-electron chi connectivity index (χ3n) is 4.02. The van der Waals surface area contributed by atoms with Crippen LogP contribution < -0.4 is 16.8 Å². The van der Waals surface area contributed by atoms with Gasteiger partial charge in [-0.25, -0.2) is 4.79 Å². The van der Waals surface area contributed by atoms with Gasteiger partial charge in [0.1, 0.15) is 0 Å². The Morgan fingerprint density at radius 1 is 1.22 bits per heavy atom. The van der Waals surface area contributed by atoms with Crippen molar-refractivity contribution >= 4 is 17.7 Å².